The topological polar surface area (TPSA) is 112 Å². The zero-order valence-corrected chi connectivity index (χ0v) is 15.8. The summed E-state index contributed by atoms with van der Waals surface area (Å²) in [5.74, 6) is 0.916. The van der Waals surface area contributed by atoms with Crippen LogP contribution in [-0.2, 0) is 9.84 Å². The first kappa shape index (κ1) is 19.1. The number of sulfone groups is 1. The predicted molar refractivity (Wildman–Crippen MR) is 101 cm³/mol. The third-order valence-corrected chi connectivity index (χ3v) is 5.83. The summed E-state index contributed by atoms with van der Waals surface area (Å²) in [5.41, 5.74) is 1.64. The van der Waals surface area contributed by atoms with Crippen LogP contribution in [0.1, 0.15) is 12.8 Å². The number of benzene rings is 1. The van der Waals surface area contributed by atoms with E-state index in [1.807, 2.05) is 0 Å². The maximum atomic E-state index is 11.5. The third-order valence-electron chi connectivity index (χ3n) is 4.70. The van der Waals surface area contributed by atoms with E-state index in [0.717, 1.165) is 24.0 Å². The summed E-state index contributed by atoms with van der Waals surface area (Å²) in [6.07, 6.45) is 5.35. The van der Waals surface area contributed by atoms with Crippen LogP contribution in [0.5, 0.6) is 0 Å². The minimum absolute atomic E-state index is 0.277. The van der Waals surface area contributed by atoms with E-state index in [4.69, 9.17) is 5.11 Å². The minimum atomic E-state index is -3.21. The average molecular weight is 390 g/mol. The van der Waals surface area contributed by atoms with Gasteiger partial charge in [0.15, 0.2) is 9.84 Å². The number of aromatic nitrogens is 2. The summed E-state index contributed by atoms with van der Waals surface area (Å²) in [4.78, 5) is 21.3. The van der Waals surface area contributed by atoms with Gasteiger partial charge in [-0.3, -0.25) is 0 Å². The van der Waals surface area contributed by atoms with Crippen molar-refractivity contribution in [2.75, 3.05) is 31.2 Å². The Bertz CT molecular complexity index is 890. The van der Waals surface area contributed by atoms with E-state index in [1.165, 1.54) is 11.2 Å². The molecule has 1 saturated heterocycles. The lowest BCUT2D eigenvalue weighted by atomic mass is 9.97. The first-order chi connectivity index (χ1) is 12.8. The van der Waals surface area contributed by atoms with Crippen molar-refractivity contribution >= 4 is 21.9 Å². The molecule has 2 N–H and O–H groups in total. The SMILES string of the molecule is CS(=O)(=O)c1ccc(-c2cnc(NCC3CCN(C(=O)O)CC3)nc2)cc1. The molecule has 0 spiro atoms. The lowest BCUT2D eigenvalue weighted by Crippen LogP contribution is -2.39. The second kappa shape index (κ2) is 7.91. The maximum Gasteiger partial charge on any atom is 0.407 e. The highest BCUT2D eigenvalue weighted by Gasteiger charge is 2.22. The first-order valence-corrected chi connectivity index (χ1v) is 10.6. The smallest absolute Gasteiger partial charge is 0.407 e. The number of nitrogens with zero attached hydrogens (tertiary/aromatic N) is 3. The molecule has 1 amide bonds. The van der Waals surface area contributed by atoms with Crippen LogP contribution >= 0.6 is 0 Å². The molecule has 0 radical (unpaired) electrons. The normalized spacial score (nSPS) is 15.5. The quantitative estimate of drug-likeness (QED) is 0.806. The van der Waals surface area contributed by atoms with Gasteiger partial charge >= 0.3 is 6.09 Å². The molecule has 144 valence electrons. The molecule has 1 aliphatic heterocycles. The number of carboxylic acid groups (broad SMARTS) is 1. The molecular weight excluding hydrogens is 368 g/mol. The van der Waals surface area contributed by atoms with Crippen LogP contribution in [0.4, 0.5) is 10.7 Å². The standard InChI is InChI=1S/C18H22N4O4S/c1-27(25,26)16-4-2-14(3-5-16)15-11-20-17(21-12-15)19-10-13-6-8-22(9-7-13)18(23)24/h2-5,11-13H,6-10H2,1H3,(H,23,24)(H,19,20,21). The fourth-order valence-corrected chi connectivity index (χ4v) is 3.66. The maximum absolute atomic E-state index is 11.5. The highest BCUT2D eigenvalue weighted by molar-refractivity contribution is 7.90. The van der Waals surface area contributed by atoms with E-state index in [2.05, 4.69) is 15.3 Å². The molecule has 8 nitrogen and oxygen atoms in total. The van der Waals surface area contributed by atoms with E-state index < -0.39 is 15.9 Å². The summed E-state index contributed by atoms with van der Waals surface area (Å²) in [7, 11) is -3.21. The number of piperidine rings is 1. The van der Waals surface area contributed by atoms with E-state index in [9.17, 15) is 13.2 Å². The van der Waals surface area contributed by atoms with Gasteiger partial charge in [0.1, 0.15) is 0 Å². The van der Waals surface area contributed by atoms with Crippen molar-refractivity contribution in [3.8, 4) is 11.1 Å². The van der Waals surface area contributed by atoms with Gasteiger partial charge < -0.3 is 15.3 Å². The second-order valence-corrected chi connectivity index (χ2v) is 8.70. The average Bonchev–Trinajstić information content (AvgIpc) is 2.66. The van der Waals surface area contributed by atoms with Crippen molar-refractivity contribution in [3.63, 3.8) is 0 Å². The van der Waals surface area contributed by atoms with Gasteiger partial charge in [0.25, 0.3) is 0 Å². The molecule has 3 rings (SSSR count). The molecule has 0 atom stereocenters. The van der Waals surface area contributed by atoms with Crippen LogP contribution in [0.3, 0.4) is 0 Å². The molecule has 0 aliphatic carbocycles. The number of rotatable bonds is 5. The monoisotopic (exact) mass is 390 g/mol. The van der Waals surface area contributed by atoms with Gasteiger partial charge in [-0.1, -0.05) is 12.1 Å². The van der Waals surface area contributed by atoms with Crippen LogP contribution in [0.2, 0.25) is 0 Å². The minimum Gasteiger partial charge on any atom is -0.465 e. The molecule has 2 aromatic rings. The molecule has 1 aromatic heterocycles. The van der Waals surface area contributed by atoms with E-state index in [0.29, 0.717) is 31.5 Å². The summed E-state index contributed by atoms with van der Waals surface area (Å²) < 4.78 is 23.0. The number of hydrogen-bond donors (Lipinski definition) is 2. The van der Waals surface area contributed by atoms with E-state index >= 15 is 0 Å². The van der Waals surface area contributed by atoms with Crippen molar-refractivity contribution in [1.29, 1.82) is 0 Å². The second-order valence-electron chi connectivity index (χ2n) is 6.69. The predicted octanol–water partition coefficient (Wildman–Crippen LogP) is 2.35. The number of hydrogen-bond acceptors (Lipinski definition) is 6. The molecule has 0 saturated carbocycles. The van der Waals surface area contributed by atoms with Gasteiger partial charge in [-0.05, 0) is 36.5 Å². The van der Waals surface area contributed by atoms with E-state index in [1.54, 1.807) is 36.7 Å². The van der Waals surface area contributed by atoms with Crippen molar-refractivity contribution in [2.24, 2.45) is 5.92 Å². The lowest BCUT2D eigenvalue weighted by Gasteiger charge is -2.29. The third kappa shape index (κ3) is 4.94. The van der Waals surface area contributed by atoms with Crippen molar-refractivity contribution in [1.82, 2.24) is 14.9 Å². The Hall–Kier alpha value is -2.68. The summed E-state index contributed by atoms with van der Waals surface area (Å²) >= 11 is 0. The number of anilines is 1. The Morgan fingerprint density at radius 2 is 1.74 bits per heavy atom. The highest BCUT2D eigenvalue weighted by Crippen LogP contribution is 2.21. The number of nitrogens with one attached hydrogen (secondary N) is 1. The number of amides is 1. The molecular formula is C18H22N4O4S. The number of carbonyl (C=O) groups is 1. The Balaban J connectivity index is 1.55. The van der Waals surface area contributed by atoms with Crippen molar-refractivity contribution in [2.45, 2.75) is 17.7 Å². The van der Waals surface area contributed by atoms with Crippen LogP contribution in [-0.4, -0.2) is 60.4 Å². The molecule has 0 unspecified atom stereocenters. The molecule has 27 heavy (non-hydrogen) atoms. The summed E-state index contributed by atoms with van der Waals surface area (Å²) in [5, 5.41) is 12.2. The van der Waals surface area contributed by atoms with Crippen molar-refractivity contribution in [3.05, 3.63) is 36.7 Å². The number of likely N-dealkylation sites (tertiary alicyclic amines) is 1. The Labute approximate surface area is 158 Å². The van der Waals surface area contributed by atoms with Gasteiger partial charge in [0.2, 0.25) is 5.95 Å². The van der Waals surface area contributed by atoms with E-state index in [-0.39, 0.29) is 4.90 Å². The molecule has 1 aliphatic rings. The zero-order chi connectivity index (χ0) is 19.4. The largest absolute Gasteiger partial charge is 0.465 e. The molecule has 2 heterocycles. The van der Waals surface area contributed by atoms with Crippen LogP contribution in [0.25, 0.3) is 11.1 Å². The van der Waals surface area contributed by atoms with Gasteiger partial charge in [0, 0.05) is 43.8 Å². The van der Waals surface area contributed by atoms with Gasteiger partial charge in [-0.2, -0.15) is 0 Å². The summed E-state index contributed by atoms with van der Waals surface area (Å²) in [6, 6.07) is 6.61. The zero-order valence-electron chi connectivity index (χ0n) is 15.0. The molecule has 1 aromatic carbocycles. The van der Waals surface area contributed by atoms with Crippen molar-refractivity contribution < 1.29 is 18.3 Å². The van der Waals surface area contributed by atoms with Crippen LogP contribution in [0.15, 0.2) is 41.6 Å². The molecule has 9 heteroatoms. The van der Waals surface area contributed by atoms with Gasteiger partial charge in [-0.15, -0.1) is 0 Å². The molecule has 0 bridgehead atoms. The Morgan fingerprint density at radius 3 is 2.26 bits per heavy atom. The van der Waals surface area contributed by atoms with Gasteiger partial charge in [-0.25, -0.2) is 23.2 Å². The first-order valence-electron chi connectivity index (χ1n) is 8.67. The lowest BCUT2D eigenvalue weighted by molar-refractivity contribution is 0.126. The van der Waals surface area contributed by atoms with Crippen LogP contribution < -0.4 is 5.32 Å². The highest BCUT2D eigenvalue weighted by atomic mass is 32.2. The fraction of sp³-hybridized carbons (Fsp3) is 0.389. The Kier molecular flexibility index (Phi) is 5.59. The van der Waals surface area contributed by atoms with Crippen LogP contribution in [0, 0.1) is 5.92 Å². The Morgan fingerprint density at radius 1 is 1.15 bits per heavy atom. The summed E-state index contributed by atoms with van der Waals surface area (Å²) in [6.45, 7) is 1.83. The fourth-order valence-electron chi connectivity index (χ4n) is 3.03. The molecule has 1 fully saturated rings. The van der Waals surface area contributed by atoms with Gasteiger partial charge in [0.05, 0.1) is 4.90 Å².